The molecule has 0 saturated heterocycles. The van der Waals surface area contributed by atoms with E-state index >= 15 is 0 Å². The number of carbonyl (C=O) groups is 1. The van der Waals surface area contributed by atoms with Crippen LogP contribution in [-0.2, 0) is 17.4 Å². The number of amides is 1. The van der Waals surface area contributed by atoms with Gasteiger partial charge < -0.3 is 15.4 Å². The van der Waals surface area contributed by atoms with Crippen LogP contribution < -0.4 is 15.4 Å². The van der Waals surface area contributed by atoms with Crippen molar-refractivity contribution in [3.63, 3.8) is 0 Å². The number of halogens is 3. The summed E-state index contributed by atoms with van der Waals surface area (Å²) in [6.07, 6.45) is 0.723. The van der Waals surface area contributed by atoms with Crippen LogP contribution in [0.25, 0.3) is 0 Å². The lowest BCUT2D eigenvalue weighted by atomic mass is 10.0. The summed E-state index contributed by atoms with van der Waals surface area (Å²) in [5.74, 6) is 0.259. The largest absolute Gasteiger partial charge is 0.484 e. The molecular weight excluding hydrogens is 405 g/mol. The Kier molecular flexibility index (Phi) is 9.69. The maximum Gasteiger partial charge on any atom is 0.416 e. The Morgan fingerprint density at radius 3 is 2.48 bits per heavy atom. The van der Waals surface area contributed by atoms with E-state index in [1.54, 1.807) is 25.1 Å². The fraction of sp³-hybridized carbons (Fsp3) is 0.458. The fourth-order valence-electron chi connectivity index (χ4n) is 3.20. The highest BCUT2D eigenvalue weighted by Crippen LogP contribution is 2.29. The lowest BCUT2D eigenvalue weighted by molar-refractivity contribution is -0.137. The minimum atomic E-state index is -4.38. The second kappa shape index (κ2) is 12.2. The normalized spacial score (nSPS) is 12.3. The van der Waals surface area contributed by atoms with Gasteiger partial charge in [-0.3, -0.25) is 4.79 Å². The minimum absolute atomic E-state index is 0.156. The number of hydrogen-bond donors (Lipinski definition) is 2. The molecule has 0 radical (unpaired) electrons. The van der Waals surface area contributed by atoms with E-state index in [1.165, 1.54) is 25.3 Å². The topological polar surface area (TPSA) is 50.4 Å². The minimum Gasteiger partial charge on any atom is -0.484 e. The van der Waals surface area contributed by atoms with Crippen LogP contribution in [-0.4, -0.2) is 25.1 Å². The third kappa shape index (κ3) is 9.32. The molecular formula is C24H31F3N2O2. The maximum atomic E-state index is 12.8. The number of nitrogens with one attached hydrogen (secondary N) is 2. The predicted molar refractivity (Wildman–Crippen MR) is 117 cm³/mol. The van der Waals surface area contributed by atoms with Crippen molar-refractivity contribution in [3.05, 3.63) is 59.7 Å². The molecule has 2 N–H and O–H groups in total. The Bertz CT molecular complexity index is 807. The summed E-state index contributed by atoms with van der Waals surface area (Å²) in [5, 5.41) is 6.11. The number of hydrogen-bond acceptors (Lipinski definition) is 3. The summed E-state index contributed by atoms with van der Waals surface area (Å²) in [4.78, 5) is 12.1. The first-order chi connectivity index (χ1) is 14.8. The van der Waals surface area contributed by atoms with E-state index in [1.807, 2.05) is 12.1 Å². The Morgan fingerprint density at radius 1 is 1.06 bits per heavy atom. The smallest absolute Gasteiger partial charge is 0.416 e. The van der Waals surface area contributed by atoms with Crippen molar-refractivity contribution >= 4 is 11.6 Å². The van der Waals surface area contributed by atoms with E-state index in [9.17, 15) is 18.0 Å². The molecule has 2 aromatic carbocycles. The molecule has 0 bridgehead atoms. The number of carbonyl (C=O) groups excluding carboxylic acids is 1. The Hall–Kier alpha value is -2.70. The van der Waals surface area contributed by atoms with Gasteiger partial charge in [-0.1, -0.05) is 44.4 Å². The molecule has 4 nitrogen and oxygen atoms in total. The monoisotopic (exact) mass is 436 g/mol. The number of anilines is 1. The van der Waals surface area contributed by atoms with Gasteiger partial charge >= 0.3 is 6.18 Å². The Balaban J connectivity index is 1.72. The van der Waals surface area contributed by atoms with Crippen LogP contribution in [0.3, 0.4) is 0 Å². The predicted octanol–water partition coefficient (Wildman–Crippen LogP) is 5.82. The quantitative estimate of drug-likeness (QED) is 0.412. The third-order valence-corrected chi connectivity index (χ3v) is 4.79. The van der Waals surface area contributed by atoms with Gasteiger partial charge in [-0.2, -0.15) is 13.2 Å². The highest BCUT2D eigenvalue weighted by molar-refractivity contribution is 5.77. The number of alkyl halides is 3. The van der Waals surface area contributed by atoms with Crippen molar-refractivity contribution < 1.29 is 22.7 Å². The van der Waals surface area contributed by atoms with Crippen molar-refractivity contribution in [1.29, 1.82) is 0 Å². The standard InChI is InChI=1S/C24H31F3N2O2/c1-3-4-5-6-14-28-21-10-12-22(13-11-21)31-17-23(30)29-18(2)15-19-8-7-9-20(16-19)24(25,26)27/h7-13,16,18,28H,3-6,14-15,17H2,1-2H3,(H,29,30). The zero-order valence-electron chi connectivity index (χ0n) is 18.1. The fourth-order valence-corrected chi connectivity index (χ4v) is 3.20. The highest BCUT2D eigenvalue weighted by Gasteiger charge is 2.30. The van der Waals surface area contributed by atoms with Crippen molar-refractivity contribution in [2.45, 2.75) is 58.2 Å². The van der Waals surface area contributed by atoms with E-state index < -0.39 is 11.7 Å². The molecule has 0 aliphatic rings. The van der Waals surface area contributed by atoms with Gasteiger partial charge in [0.15, 0.2) is 6.61 Å². The average Bonchev–Trinajstić information content (AvgIpc) is 2.72. The molecule has 0 fully saturated rings. The van der Waals surface area contributed by atoms with E-state index in [0.29, 0.717) is 17.7 Å². The van der Waals surface area contributed by atoms with Crippen LogP contribution in [0.5, 0.6) is 5.75 Å². The van der Waals surface area contributed by atoms with Crippen molar-refractivity contribution in [3.8, 4) is 5.75 Å². The first-order valence-electron chi connectivity index (χ1n) is 10.7. The van der Waals surface area contributed by atoms with Crippen molar-refractivity contribution in [2.24, 2.45) is 0 Å². The molecule has 1 amide bonds. The van der Waals surface area contributed by atoms with E-state index in [2.05, 4.69) is 17.6 Å². The lowest BCUT2D eigenvalue weighted by Crippen LogP contribution is -2.37. The Labute approximate surface area is 182 Å². The van der Waals surface area contributed by atoms with E-state index in [4.69, 9.17) is 4.74 Å². The molecule has 7 heteroatoms. The van der Waals surface area contributed by atoms with Gasteiger partial charge in [-0.15, -0.1) is 0 Å². The van der Waals surface area contributed by atoms with Gasteiger partial charge in [0.05, 0.1) is 5.56 Å². The molecule has 1 atom stereocenters. The second-order valence-electron chi connectivity index (χ2n) is 7.67. The van der Waals surface area contributed by atoms with Crippen LogP contribution in [0.4, 0.5) is 18.9 Å². The SMILES string of the molecule is CCCCCCNc1ccc(OCC(=O)NC(C)Cc2cccc(C(F)(F)F)c2)cc1. The molecule has 0 aliphatic carbocycles. The Morgan fingerprint density at radius 2 is 1.81 bits per heavy atom. The van der Waals surface area contributed by atoms with Crippen LogP contribution in [0.15, 0.2) is 48.5 Å². The number of benzene rings is 2. The van der Waals surface area contributed by atoms with Crippen LogP contribution in [0.2, 0.25) is 0 Å². The molecule has 0 saturated carbocycles. The van der Waals surface area contributed by atoms with Crippen LogP contribution in [0.1, 0.15) is 50.7 Å². The molecule has 170 valence electrons. The highest BCUT2D eigenvalue weighted by atomic mass is 19.4. The summed E-state index contributed by atoms with van der Waals surface area (Å²) >= 11 is 0. The summed E-state index contributed by atoms with van der Waals surface area (Å²) in [6.45, 7) is 4.70. The van der Waals surface area contributed by atoms with Crippen molar-refractivity contribution in [1.82, 2.24) is 5.32 Å². The third-order valence-electron chi connectivity index (χ3n) is 4.79. The summed E-state index contributed by atoms with van der Waals surface area (Å²) in [7, 11) is 0. The maximum absolute atomic E-state index is 12.8. The number of ether oxygens (including phenoxy) is 1. The lowest BCUT2D eigenvalue weighted by Gasteiger charge is -2.16. The van der Waals surface area contributed by atoms with Gasteiger partial charge in [0, 0.05) is 18.3 Å². The first kappa shape index (κ1) is 24.6. The van der Waals surface area contributed by atoms with Gasteiger partial charge in [0.1, 0.15) is 5.75 Å². The number of unbranched alkanes of at least 4 members (excludes halogenated alkanes) is 3. The van der Waals surface area contributed by atoms with Gasteiger partial charge in [0.2, 0.25) is 0 Å². The summed E-state index contributed by atoms with van der Waals surface area (Å²) in [6, 6.07) is 12.2. The summed E-state index contributed by atoms with van der Waals surface area (Å²) < 4.78 is 44.0. The molecule has 1 unspecified atom stereocenters. The first-order valence-corrected chi connectivity index (χ1v) is 10.7. The van der Waals surface area contributed by atoms with Gasteiger partial charge in [-0.25, -0.2) is 0 Å². The van der Waals surface area contributed by atoms with Gasteiger partial charge in [0.25, 0.3) is 5.91 Å². The van der Waals surface area contributed by atoms with Crippen LogP contribution in [0, 0.1) is 0 Å². The van der Waals surface area contributed by atoms with Crippen LogP contribution >= 0.6 is 0 Å². The second-order valence-corrected chi connectivity index (χ2v) is 7.67. The molecule has 31 heavy (non-hydrogen) atoms. The zero-order valence-corrected chi connectivity index (χ0v) is 18.1. The van der Waals surface area contributed by atoms with E-state index in [-0.39, 0.29) is 18.6 Å². The molecule has 2 rings (SSSR count). The average molecular weight is 437 g/mol. The molecule has 0 aromatic heterocycles. The molecule has 0 aliphatic heterocycles. The van der Waals surface area contributed by atoms with Crippen molar-refractivity contribution in [2.75, 3.05) is 18.5 Å². The molecule has 2 aromatic rings. The molecule has 0 spiro atoms. The summed E-state index contributed by atoms with van der Waals surface area (Å²) in [5.41, 5.74) is 0.829. The van der Waals surface area contributed by atoms with E-state index in [0.717, 1.165) is 30.8 Å². The van der Waals surface area contributed by atoms with Gasteiger partial charge in [-0.05, 0) is 55.7 Å². The number of rotatable bonds is 12. The zero-order chi connectivity index (χ0) is 22.7. The molecule has 0 heterocycles.